The van der Waals surface area contributed by atoms with Crippen molar-refractivity contribution in [3.05, 3.63) is 35.9 Å². The highest BCUT2D eigenvalue weighted by Gasteiger charge is 2.10. The van der Waals surface area contributed by atoms with E-state index in [0.29, 0.717) is 0 Å². The Morgan fingerprint density at radius 2 is 1.39 bits per heavy atom. The summed E-state index contributed by atoms with van der Waals surface area (Å²) in [4.78, 5) is 0. The first-order valence-electron chi connectivity index (χ1n) is 9.05. The molecule has 2 heteroatoms. The molecule has 2 nitrogen and oxygen atoms in total. The highest BCUT2D eigenvalue weighted by molar-refractivity contribution is 5.95. The van der Waals surface area contributed by atoms with E-state index in [0.717, 1.165) is 42.9 Å². The van der Waals surface area contributed by atoms with Gasteiger partial charge in [-0.15, -0.1) is 0 Å². The normalized spacial score (nSPS) is 10.9. The summed E-state index contributed by atoms with van der Waals surface area (Å²) in [6.07, 6.45) is 7.09. The Morgan fingerprint density at radius 1 is 0.739 bits per heavy atom. The first kappa shape index (κ1) is 17.7. The number of hydrogen-bond acceptors (Lipinski definition) is 2. The zero-order valence-electron chi connectivity index (χ0n) is 14.9. The predicted molar refractivity (Wildman–Crippen MR) is 98.7 cm³/mol. The largest absolute Gasteiger partial charge is 0.493 e. The van der Waals surface area contributed by atoms with Gasteiger partial charge in [0, 0.05) is 10.8 Å². The topological polar surface area (TPSA) is 18.5 Å². The van der Waals surface area contributed by atoms with Crippen molar-refractivity contribution in [2.24, 2.45) is 0 Å². The van der Waals surface area contributed by atoms with Crippen LogP contribution in [0.4, 0.5) is 0 Å². The Kier molecular flexibility index (Phi) is 7.25. The van der Waals surface area contributed by atoms with Crippen LogP contribution in [0, 0.1) is 6.92 Å². The molecule has 0 aliphatic rings. The van der Waals surface area contributed by atoms with Gasteiger partial charge in [0.05, 0.1) is 13.2 Å². The average Bonchev–Trinajstić information content (AvgIpc) is 2.57. The van der Waals surface area contributed by atoms with Crippen LogP contribution in [0.5, 0.6) is 11.5 Å². The molecule has 0 aliphatic carbocycles. The highest BCUT2D eigenvalue weighted by Crippen LogP contribution is 2.35. The van der Waals surface area contributed by atoms with Gasteiger partial charge >= 0.3 is 0 Å². The zero-order valence-corrected chi connectivity index (χ0v) is 14.9. The van der Waals surface area contributed by atoms with Crippen molar-refractivity contribution in [3.8, 4) is 11.5 Å². The number of fused-ring (bicyclic) bond motifs is 1. The second-order valence-electron chi connectivity index (χ2n) is 6.17. The van der Waals surface area contributed by atoms with Gasteiger partial charge in [0.15, 0.2) is 0 Å². The van der Waals surface area contributed by atoms with E-state index in [2.05, 4.69) is 51.1 Å². The van der Waals surface area contributed by atoms with Crippen molar-refractivity contribution in [2.45, 2.75) is 59.3 Å². The Balaban J connectivity index is 2.18. The van der Waals surface area contributed by atoms with Gasteiger partial charge in [0.2, 0.25) is 0 Å². The molecule has 0 fully saturated rings. The maximum atomic E-state index is 6.04. The minimum absolute atomic E-state index is 0.785. The van der Waals surface area contributed by atoms with Crippen LogP contribution in [0.1, 0.15) is 57.9 Å². The van der Waals surface area contributed by atoms with E-state index in [1.54, 1.807) is 0 Å². The monoisotopic (exact) mass is 314 g/mol. The molecule has 0 saturated carbocycles. The fraction of sp³-hybridized carbons (Fsp3) is 0.524. The number of unbranched alkanes of at least 4 members (excludes halogenated alkanes) is 4. The Hall–Kier alpha value is -1.70. The van der Waals surface area contributed by atoms with Gasteiger partial charge in [0.25, 0.3) is 0 Å². The summed E-state index contributed by atoms with van der Waals surface area (Å²) in [5, 5.41) is 2.35. The van der Waals surface area contributed by atoms with Gasteiger partial charge in [-0.05, 0) is 37.5 Å². The number of ether oxygens (including phenoxy) is 2. The van der Waals surface area contributed by atoms with Gasteiger partial charge in [0.1, 0.15) is 11.5 Å². The van der Waals surface area contributed by atoms with Crippen molar-refractivity contribution in [3.63, 3.8) is 0 Å². The lowest BCUT2D eigenvalue weighted by atomic mass is 10.0. The van der Waals surface area contributed by atoms with Crippen LogP contribution in [0.2, 0.25) is 0 Å². The molecule has 0 aromatic heterocycles. The van der Waals surface area contributed by atoms with Gasteiger partial charge in [-0.1, -0.05) is 57.7 Å². The SMILES string of the molecule is CCCCCOc1ccc(C)c2c(OCCCCC)cccc12. The maximum absolute atomic E-state index is 6.04. The van der Waals surface area contributed by atoms with Crippen LogP contribution in [0.25, 0.3) is 10.8 Å². The smallest absolute Gasteiger partial charge is 0.127 e. The predicted octanol–water partition coefficient (Wildman–Crippen LogP) is 6.29. The quantitative estimate of drug-likeness (QED) is 0.480. The molecular weight excluding hydrogens is 284 g/mol. The summed E-state index contributed by atoms with van der Waals surface area (Å²) in [7, 11) is 0. The molecule has 0 amide bonds. The van der Waals surface area contributed by atoms with Gasteiger partial charge in [-0.2, -0.15) is 0 Å². The lowest BCUT2D eigenvalue weighted by Gasteiger charge is -2.15. The fourth-order valence-corrected chi connectivity index (χ4v) is 2.83. The van der Waals surface area contributed by atoms with Crippen molar-refractivity contribution < 1.29 is 9.47 Å². The average molecular weight is 314 g/mol. The molecule has 0 spiro atoms. The number of rotatable bonds is 10. The maximum Gasteiger partial charge on any atom is 0.127 e. The van der Waals surface area contributed by atoms with Crippen LogP contribution < -0.4 is 9.47 Å². The molecule has 0 N–H and O–H groups in total. The van der Waals surface area contributed by atoms with E-state index in [9.17, 15) is 0 Å². The van der Waals surface area contributed by atoms with E-state index >= 15 is 0 Å². The van der Waals surface area contributed by atoms with Crippen molar-refractivity contribution in [2.75, 3.05) is 13.2 Å². The first-order valence-corrected chi connectivity index (χ1v) is 9.05. The van der Waals surface area contributed by atoms with Crippen LogP contribution in [-0.4, -0.2) is 13.2 Å². The molecule has 0 unspecified atom stereocenters. The number of benzene rings is 2. The summed E-state index contributed by atoms with van der Waals surface area (Å²) in [5.41, 5.74) is 1.24. The molecule has 0 atom stereocenters. The standard InChI is InChI=1S/C21H30O2/c1-4-6-8-15-22-19-14-13-17(3)21-18(19)11-10-12-20(21)23-16-9-7-5-2/h10-14H,4-9,15-16H2,1-3H3. The third-order valence-electron chi connectivity index (χ3n) is 4.18. The molecule has 2 rings (SSSR count). The molecule has 2 aromatic rings. The van der Waals surface area contributed by atoms with E-state index in [4.69, 9.17) is 9.47 Å². The van der Waals surface area contributed by atoms with Gasteiger partial charge in [-0.3, -0.25) is 0 Å². The van der Waals surface area contributed by atoms with Gasteiger partial charge in [-0.25, -0.2) is 0 Å². The van der Waals surface area contributed by atoms with E-state index in [-0.39, 0.29) is 0 Å². The van der Waals surface area contributed by atoms with Gasteiger partial charge < -0.3 is 9.47 Å². The molecule has 0 saturated heterocycles. The summed E-state index contributed by atoms with van der Waals surface area (Å²) in [5.74, 6) is 1.95. The van der Waals surface area contributed by atoms with E-state index in [1.807, 2.05) is 0 Å². The summed E-state index contributed by atoms with van der Waals surface area (Å²) in [6.45, 7) is 8.14. The van der Waals surface area contributed by atoms with E-state index < -0.39 is 0 Å². The molecule has 0 radical (unpaired) electrons. The van der Waals surface area contributed by atoms with Crippen LogP contribution in [0.3, 0.4) is 0 Å². The molecule has 2 aromatic carbocycles. The lowest BCUT2D eigenvalue weighted by molar-refractivity contribution is 0.306. The van der Waals surface area contributed by atoms with Crippen molar-refractivity contribution in [1.29, 1.82) is 0 Å². The molecule has 0 heterocycles. The Morgan fingerprint density at radius 3 is 2.04 bits per heavy atom. The minimum Gasteiger partial charge on any atom is -0.493 e. The van der Waals surface area contributed by atoms with E-state index in [1.165, 1.54) is 36.6 Å². The molecule has 0 aliphatic heterocycles. The Labute approximate surface area is 140 Å². The van der Waals surface area contributed by atoms with Crippen LogP contribution in [0.15, 0.2) is 30.3 Å². The summed E-state index contributed by atoms with van der Waals surface area (Å²) < 4.78 is 12.1. The molecule has 126 valence electrons. The zero-order chi connectivity index (χ0) is 16.5. The summed E-state index contributed by atoms with van der Waals surface area (Å²) >= 11 is 0. The minimum atomic E-state index is 0.785. The Bertz CT molecular complexity index is 604. The fourth-order valence-electron chi connectivity index (χ4n) is 2.83. The van der Waals surface area contributed by atoms with Crippen molar-refractivity contribution in [1.82, 2.24) is 0 Å². The first-order chi connectivity index (χ1) is 11.3. The third kappa shape index (κ3) is 4.89. The lowest BCUT2D eigenvalue weighted by Crippen LogP contribution is -2.00. The molecular formula is C21H30O2. The second-order valence-corrected chi connectivity index (χ2v) is 6.17. The second kappa shape index (κ2) is 9.44. The van der Waals surface area contributed by atoms with Crippen molar-refractivity contribution >= 4 is 10.8 Å². The third-order valence-corrected chi connectivity index (χ3v) is 4.18. The molecule has 23 heavy (non-hydrogen) atoms. The number of aryl methyl sites for hydroxylation is 1. The summed E-state index contributed by atoms with van der Waals surface area (Å²) in [6, 6.07) is 10.5. The van der Waals surface area contributed by atoms with Crippen LogP contribution >= 0.6 is 0 Å². The number of hydrogen-bond donors (Lipinski definition) is 0. The van der Waals surface area contributed by atoms with Crippen LogP contribution in [-0.2, 0) is 0 Å². The highest BCUT2D eigenvalue weighted by atomic mass is 16.5. The molecule has 0 bridgehead atoms.